The molecule has 2 saturated heterocycles. The fraction of sp³-hybridized carbons (Fsp3) is 0.619. The summed E-state index contributed by atoms with van der Waals surface area (Å²) in [5, 5.41) is -0.208. The molecule has 178 valence electrons. The number of halogens is 3. The van der Waals surface area contributed by atoms with Gasteiger partial charge in [-0.3, -0.25) is 9.69 Å². The second-order valence-corrected chi connectivity index (χ2v) is 9.44. The molecule has 2 fully saturated rings. The normalized spacial score (nSPS) is 27.8. The molecular weight excluding hydrogens is 458 g/mol. The van der Waals surface area contributed by atoms with Crippen LogP contribution in [0.5, 0.6) is 11.9 Å². The summed E-state index contributed by atoms with van der Waals surface area (Å²) in [7, 11) is 0. The Balaban J connectivity index is 1.60. The highest BCUT2D eigenvalue weighted by molar-refractivity contribution is 6.30. The molecule has 9 nitrogen and oxygen atoms in total. The van der Waals surface area contributed by atoms with Gasteiger partial charge >= 0.3 is 6.01 Å². The lowest BCUT2D eigenvalue weighted by Crippen LogP contribution is -2.49. The third kappa shape index (κ3) is 3.61. The molecule has 5 heterocycles. The predicted octanol–water partition coefficient (Wildman–Crippen LogP) is 2.23. The number of hydrogen-bond donors (Lipinski definition) is 1. The first-order chi connectivity index (χ1) is 15.7. The minimum Gasteiger partial charge on any atom is -0.475 e. The van der Waals surface area contributed by atoms with Crippen LogP contribution in [-0.4, -0.2) is 75.9 Å². The Labute approximate surface area is 194 Å². The number of rotatable bonds is 5. The number of anilines is 1. The van der Waals surface area contributed by atoms with Crippen molar-refractivity contribution in [2.75, 3.05) is 31.2 Å². The molecule has 5 rings (SSSR count). The van der Waals surface area contributed by atoms with E-state index in [1.807, 2.05) is 6.92 Å². The summed E-state index contributed by atoms with van der Waals surface area (Å²) in [6.45, 7) is 4.96. The van der Waals surface area contributed by atoms with Crippen molar-refractivity contribution in [3.8, 4) is 11.9 Å². The number of hydrogen-bond acceptors (Lipinski definition) is 8. The highest BCUT2D eigenvalue weighted by atomic mass is 35.5. The molecule has 2 aromatic rings. The number of carbonyl (C=O) groups is 1. The fourth-order valence-electron chi connectivity index (χ4n) is 5.27. The maximum Gasteiger partial charge on any atom is 0.319 e. The van der Waals surface area contributed by atoms with Crippen molar-refractivity contribution in [3.05, 3.63) is 11.0 Å². The zero-order valence-electron chi connectivity index (χ0n) is 18.4. The molecule has 3 aliphatic heterocycles. The number of nitrogens with zero attached hydrogens (tertiary/aromatic N) is 5. The van der Waals surface area contributed by atoms with Crippen molar-refractivity contribution in [3.63, 3.8) is 0 Å². The molecule has 0 aromatic carbocycles. The van der Waals surface area contributed by atoms with Gasteiger partial charge in [0.25, 0.3) is 0 Å². The minimum absolute atomic E-state index is 0.0700. The first-order valence-electron chi connectivity index (χ1n) is 11.0. The molecule has 1 amide bonds. The minimum atomic E-state index is -0.911. The number of carbonyl (C=O) groups excluding carboxylic acids is 1. The van der Waals surface area contributed by atoms with Gasteiger partial charge in [0.15, 0.2) is 11.0 Å². The number of alkyl halides is 1. The maximum atomic E-state index is 15.1. The quantitative estimate of drug-likeness (QED) is 0.647. The molecule has 0 aliphatic carbocycles. The highest BCUT2D eigenvalue weighted by Crippen LogP contribution is 2.42. The Bertz CT molecular complexity index is 1120. The Morgan fingerprint density at radius 3 is 2.97 bits per heavy atom. The third-order valence-electron chi connectivity index (χ3n) is 6.91. The molecule has 4 atom stereocenters. The van der Waals surface area contributed by atoms with Gasteiger partial charge in [-0.15, -0.1) is 0 Å². The van der Waals surface area contributed by atoms with Crippen LogP contribution in [0.25, 0.3) is 10.9 Å². The number of fused-ring (bicyclic) bond motifs is 1. The van der Waals surface area contributed by atoms with E-state index in [0.717, 1.165) is 19.4 Å². The summed E-state index contributed by atoms with van der Waals surface area (Å²) in [4.78, 5) is 28.6. The van der Waals surface area contributed by atoms with Gasteiger partial charge < -0.3 is 20.1 Å². The molecule has 0 unspecified atom stereocenters. The third-order valence-corrected chi connectivity index (χ3v) is 7.16. The molecule has 12 heteroatoms. The van der Waals surface area contributed by atoms with E-state index in [1.165, 1.54) is 0 Å². The van der Waals surface area contributed by atoms with Crippen molar-refractivity contribution in [1.29, 1.82) is 0 Å². The van der Waals surface area contributed by atoms with Gasteiger partial charge in [-0.25, -0.2) is 8.78 Å². The van der Waals surface area contributed by atoms with Crippen molar-refractivity contribution in [2.24, 2.45) is 5.73 Å². The lowest BCUT2D eigenvalue weighted by Gasteiger charge is -2.33. The Kier molecular flexibility index (Phi) is 5.43. The largest absolute Gasteiger partial charge is 0.475 e. The van der Waals surface area contributed by atoms with Gasteiger partial charge in [0.2, 0.25) is 11.8 Å². The van der Waals surface area contributed by atoms with Crippen molar-refractivity contribution >= 4 is 34.2 Å². The van der Waals surface area contributed by atoms with Crippen LogP contribution >= 0.6 is 11.6 Å². The van der Waals surface area contributed by atoms with Crippen LogP contribution in [0.2, 0.25) is 5.15 Å². The van der Waals surface area contributed by atoms with E-state index in [1.54, 1.807) is 11.8 Å². The average Bonchev–Trinajstić information content (AvgIpc) is 3.24. The summed E-state index contributed by atoms with van der Waals surface area (Å²) < 4.78 is 40.9. The van der Waals surface area contributed by atoms with Gasteiger partial charge in [0.1, 0.15) is 42.1 Å². The topological polar surface area (TPSA) is 107 Å². The Hall–Kier alpha value is -2.53. The van der Waals surface area contributed by atoms with E-state index in [-0.39, 0.29) is 47.9 Å². The molecule has 0 radical (unpaired) electrons. The lowest BCUT2D eigenvalue weighted by molar-refractivity contribution is -0.119. The predicted molar refractivity (Wildman–Crippen MR) is 117 cm³/mol. The SMILES string of the molecule is C[C@H](C(N)=O)N1c2nc(OC[C@@]34CCCN3C[C@H](F)C4)nc3c(F)c(Cl)nc(c23)OC[C@@H]1C. The highest BCUT2D eigenvalue weighted by Gasteiger charge is 2.49. The van der Waals surface area contributed by atoms with Crippen LogP contribution in [0.15, 0.2) is 0 Å². The van der Waals surface area contributed by atoms with Crippen LogP contribution in [0, 0.1) is 5.82 Å². The van der Waals surface area contributed by atoms with E-state index >= 15 is 4.39 Å². The zero-order valence-corrected chi connectivity index (χ0v) is 19.1. The summed E-state index contributed by atoms with van der Waals surface area (Å²) in [5.41, 5.74) is 5.03. The first kappa shape index (κ1) is 22.3. The van der Waals surface area contributed by atoms with E-state index in [9.17, 15) is 9.18 Å². The molecule has 2 N–H and O–H groups in total. The average molecular weight is 483 g/mol. The fourth-order valence-corrected chi connectivity index (χ4v) is 5.44. The molecule has 2 aromatic heterocycles. The summed E-state index contributed by atoms with van der Waals surface area (Å²) in [6.07, 6.45) is 1.22. The van der Waals surface area contributed by atoms with Crippen molar-refractivity contribution < 1.29 is 23.0 Å². The number of nitrogens with two attached hydrogens (primary N) is 1. The summed E-state index contributed by atoms with van der Waals surface area (Å²) in [5.74, 6) is -1.14. The zero-order chi connectivity index (χ0) is 23.5. The van der Waals surface area contributed by atoms with Gasteiger partial charge in [-0.1, -0.05) is 11.6 Å². The molecular formula is C21H25ClF2N6O3. The van der Waals surface area contributed by atoms with Gasteiger partial charge in [-0.05, 0) is 33.2 Å². The van der Waals surface area contributed by atoms with Crippen LogP contribution in [0.1, 0.15) is 33.1 Å². The monoisotopic (exact) mass is 482 g/mol. The van der Waals surface area contributed by atoms with E-state index in [4.69, 9.17) is 26.8 Å². The summed E-state index contributed by atoms with van der Waals surface area (Å²) >= 11 is 6.00. The van der Waals surface area contributed by atoms with Crippen LogP contribution < -0.4 is 20.1 Å². The molecule has 33 heavy (non-hydrogen) atoms. The first-order valence-corrected chi connectivity index (χ1v) is 11.4. The summed E-state index contributed by atoms with van der Waals surface area (Å²) in [6, 6.07) is -1.21. The van der Waals surface area contributed by atoms with E-state index < -0.39 is 34.6 Å². The van der Waals surface area contributed by atoms with Crippen molar-refractivity contribution in [1.82, 2.24) is 19.9 Å². The lowest BCUT2D eigenvalue weighted by atomic mass is 9.95. The standard InChI is InChI=1S/C21H25ClF2N6O3/c1-10-8-32-19-13-15(14(24)16(22)27-19)26-20(28-18(13)30(10)11(2)17(25)31)33-9-21-4-3-5-29(21)7-12(23)6-21/h10-12H,3-9H2,1-2H3,(H2,25,31)/t10-,11+,12+,21-/m0/s1. The Morgan fingerprint density at radius 2 is 2.21 bits per heavy atom. The smallest absolute Gasteiger partial charge is 0.319 e. The van der Waals surface area contributed by atoms with Crippen LogP contribution in [0.4, 0.5) is 14.6 Å². The number of pyridine rings is 1. The van der Waals surface area contributed by atoms with Gasteiger partial charge in [0.05, 0.1) is 11.6 Å². The van der Waals surface area contributed by atoms with E-state index in [2.05, 4.69) is 19.9 Å². The van der Waals surface area contributed by atoms with E-state index in [0.29, 0.717) is 13.0 Å². The molecule has 0 bridgehead atoms. The second kappa shape index (κ2) is 8.05. The number of amides is 1. The van der Waals surface area contributed by atoms with Gasteiger partial charge in [0, 0.05) is 13.0 Å². The van der Waals surface area contributed by atoms with Crippen LogP contribution in [-0.2, 0) is 4.79 Å². The Morgan fingerprint density at radius 1 is 1.42 bits per heavy atom. The maximum absolute atomic E-state index is 15.1. The number of ether oxygens (including phenoxy) is 2. The molecule has 3 aliphatic rings. The van der Waals surface area contributed by atoms with Crippen molar-refractivity contribution in [2.45, 2.75) is 56.9 Å². The van der Waals surface area contributed by atoms with Gasteiger partial charge in [-0.2, -0.15) is 15.0 Å². The molecule has 0 saturated carbocycles. The second-order valence-electron chi connectivity index (χ2n) is 9.08. The molecule has 0 spiro atoms. The number of aromatic nitrogens is 3. The van der Waals surface area contributed by atoms with Crippen LogP contribution in [0.3, 0.4) is 0 Å². The number of primary amides is 1.